The molecule has 2 aliphatic heterocycles. The average molecular weight is 696 g/mol. The highest BCUT2D eigenvalue weighted by Gasteiger charge is 2.50. The lowest BCUT2D eigenvalue weighted by Crippen LogP contribution is -2.64. The van der Waals surface area contributed by atoms with Crippen molar-refractivity contribution >= 4 is 5.91 Å². The SMILES string of the molecule is CC/C=C\C/C=C\C/C=C\C/C=C\C/C=C\C/C=C\CCC(=O)NCCO[C@@H]1O[C@H](CO)[C@@H](O)[C@H](O[C@@H]2O[C@H](CO)[C@@H](O)[C@H](O)[C@H]2O)[C@H]1O. The molecule has 2 aliphatic rings. The van der Waals surface area contributed by atoms with Crippen LogP contribution in [-0.4, -0.2) is 129 Å². The van der Waals surface area contributed by atoms with Crippen molar-refractivity contribution in [1.82, 2.24) is 5.32 Å². The Balaban J connectivity index is 1.61. The number of nitrogens with one attached hydrogen (secondary N) is 1. The zero-order valence-corrected chi connectivity index (χ0v) is 28.4. The van der Waals surface area contributed by atoms with Crippen LogP contribution in [0.3, 0.4) is 0 Å². The van der Waals surface area contributed by atoms with Gasteiger partial charge in [-0.3, -0.25) is 4.79 Å². The van der Waals surface area contributed by atoms with Gasteiger partial charge in [0.1, 0.15) is 48.8 Å². The van der Waals surface area contributed by atoms with Crippen LogP contribution in [0, 0.1) is 0 Å². The third-order valence-corrected chi connectivity index (χ3v) is 7.80. The van der Waals surface area contributed by atoms with Crippen LogP contribution in [0.1, 0.15) is 58.3 Å². The molecule has 8 N–H and O–H groups in total. The molecule has 0 aromatic carbocycles. The first-order valence-corrected chi connectivity index (χ1v) is 17.1. The van der Waals surface area contributed by atoms with Gasteiger partial charge in [-0.15, -0.1) is 0 Å². The molecule has 0 bridgehead atoms. The Kier molecular flexibility index (Phi) is 22.1. The van der Waals surface area contributed by atoms with Gasteiger partial charge in [0.05, 0.1) is 19.8 Å². The van der Waals surface area contributed by atoms with Gasteiger partial charge in [0.15, 0.2) is 12.6 Å². The summed E-state index contributed by atoms with van der Waals surface area (Å²) in [7, 11) is 0. The summed E-state index contributed by atoms with van der Waals surface area (Å²) in [6.45, 7) is 0.800. The van der Waals surface area contributed by atoms with Gasteiger partial charge in [0, 0.05) is 13.0 Å². The summed E-state index contributed by atoms with van der Waals surface area (Å²) < 4.78 is 21.8. The van der Waals surface area contributed by atoms with E-state index >= 15 is 0 Å². The summed E-state index contributed by atoms with van der Waals surface area (Å²) >= 11 is 0. The second-order valence-corrected chi connectivity index (χ2v) is 11.7. The highest BCUT2D eigenvalue weighted by molar-refractivity contribution is 5.75. The van der Waals surface area contributed by atoms with E-state index < -0.39 is 74.6 Å². The van der Waals surface area contributed by atoms with Crippen molar-refractivity contribution in [3.8, 4) is 0 Å². The lowest BCUT2D eigenvalue weighted by Gasteiger charge is -2.45. The molecule has 2 fully saturated rings. The van der Waals surface area contributed by atoms with Gasteiger partial charge >= 0.3 is 0 Å². The fraction of sp³-hybridized carbons (Fsp3) is 0.639. The predicted molar refractivity (Wildman–Crippen MR) is 183 cm³/mol. The van der Waals surface area contributed by atoms with E-state index in [1.165, 1.54) is 0 Å². The Hall–Kier alpha value is -2.53. The minimum absolute atomic E-state index is 0.0750. The topological polar surface area (TPSA) is 208 Å². The zero-order valence-electron chi connectivity index (χ0n) is 28.4. The van der Waals surface area contributed by atoms with Gasteiger partial charge in [0.2, 0.25) is 5.91 Å². The number of carbonyl (C=O) groups is 1. The van der Waals surface area contributed by atoms with Crippen LogP contribution in [-0.2, 0) is 23.7 Å². The minimum atomic E-state index is -1.77. The van der Waals surface area contributed by atoms with E-state index in [2.05, 4.69) is 73.0 Å². The van der Waals surface area contributed by atoms with Crippen molar-refractivity contribution in [2.75, 3.05) is 26.4 Å². The zero-order chi connectivity index (χ0) is 35.9. The van der Waals surface area contributed by atoms with Gasteiger partial charge in [-0.1, -0.05) is 79.8 Å². The number of hydrogen-bond donors (Lipinski definition) is 8. The number of ether oxygens (including phenoxy) is 4. The molecule has 13 heteroatoms. The van der Waals surface area contributed by atoms with E-state index in [9.17, 15) is 40.5 Å². The maximum atomic E-state index is 12.2. The van der Waals surface area contributed by atoms with E-state index in [0.717, 1.165) is 38.5 Å². The standard InChI is InChI=1S/C36H57NO12/c1-2-3-4-5-6-7-8-9-10-11-12-13-14-15-16-17-18-19-20-21-28(40)37-22-23-46-35-33(45)34(30(42)27(25-39)47-35)49-36-32(44)31(43)29(41)26(24-38)48-36/h3-4,6-7,9-10,12-13,15-16,18-19,26-27,29-36,38-39,41-45H,2,5,8,11,14,17,20-25H2,1H3,(H,37,40)/b4-3-,7-6-,10-9-,13-12-,16-15-,19-18-/t26-,27-,29-,30-,31+,32-,33-,34+,35-,36+/m1/s1. The Morgan fingerprint density at radius 3 is 1.65 bits per heavy atom. The third kappa shape index (κ3) is 15.9. The first-order valence-electron chi connectivity index (χ1n) is 17.1. The first-order chi connectivity index (χ1) is 23.7. The quantitative estimate of drug-likeness (QED) is 0.0595. The van der Waals surface area contributed by atoms with Crippen molar-refractivity contribution in [1.29, 1.82) is 0 Å². The van der Waals surface area contributed by atoms with Gasteiger partial charge in [-0.2, -0.15) is 0 Å². The molecular formula is C36H57NO12. The number of carbonyl (C=O) groups excluding carboxylic acids is 1. The molecule has 278 valence electrons. The summed E-state index contributed by atoms with van der Waals surface area (Å²) in [5.74, 6) is -0.194. The summed E-state index contributed by atoms with van der Waals surface area (Å²) in [6.07, 6.45) is 16.5. The number of allylic oxidation sites excluding steroid dienone is 12. The molecule has 49 heavy (non-hydrogen) atoms. The Labute approximate surface area is 289 Å². The largest absolute Gasteiger partial charge is 0.394 e. The molecule has 0 saturated carbocycles. The van der Waals surface area contributed by atoms with Crippen LogP contribution in [0.25, 0.3) is 0 Å². The lowest BCUT2D eigenvalue weighted by atomic mass is 9.97. The molecule has 2 saturated heterocycles. The summed E-state index contributed by atoms with van der Waals surface area (Å²) in [4.78, 5) is 12.2. The third-order valence-electron chi connectivity index (χ3n) is 7.80. The molecule has 0 aromatic heterocycles. The van der Waals surface area contributed by atoms with Crippen molar-refractivity contribution in [3.63, 3.8) is 0 Å². The van der Waals surface area contributed by atoms with Crippen LogP contribution in [0.2, 0.25) is 0 Å². The highest BCUT2D eigenvalue weighted by Crippen LogP contribution is 2.29. The van der Waals surface area contributed by atoms with Crippen LogP contribution < -0.4 is 5.32 Å². The predicted octanol–water partition coefficient (Wildman–Crippen LogP) is 1.22. The molecule has 0 aliphatic carbocycles. The number of aliphatic hydroxyl groups is 7. The van der Waals surface area contributed by atoms with E-state index in [4.69, 9.17) is 18.9 Å². The van der Waals surface area contributed by atoms with Crippen LogP contribution in [0.4, 0.5) is 0 Å². The first kappa shape index (κ1) is 42.6. The smallest absolute Gasteiger partial charge is 0.220 e. The molecule has 2 heterocycles. The van der Waals surface area contributed by atoms with Crippen LogP contribution >= 0.6 is 0 Å². The Morgan fingerprint density at radius 1 is 0.633 bits per heavy atom. The van der Waals surface area contributed by atoms with Crippen molar-refractivity contribution in [2.24, 2.45) is 0 Å². The lowest BCUT2D eigenvalue weighted by molar-refractivity contribution is -0.360. The van der Waals surface area contributed by atoms with E-state index in [1.807, 2.05) is 12.2 Å². The fourth-order valence-corrected chi connectivity index (χ4v) is 4.99. The van der Waals surface area contributed by atoms with Gasteiger partial charge < -0.3 is 60.0 Å². The van der Waals surface area contributed by atoms with Gasteiger partial charge in [-0.05, 0) is 44.9 Å². The fourth-order valence-electron chi connectivity index (χ4n) is 4.99. The molecule has 1 amide bonds. The van der Waals surface area contributed by atoms with Crippen molar-refractivity contribution < 1.29 is 59.5 Å². The summed E-state index contributed by atoms with van der Waals surface area (Å²) in [5.41, 5.74) is 0. The Bertz CT molecular complexity index is 1070. The molecule has 0 unspecified atom stereocenters. The monoisotopic (exact) mass is 695 g/mol. The summed E-state index contributed by atoms with van der Waals surface area (Å²) in [5, 5.41) is 73.4. The molecule has 0 aromatic rings. The Morgan fingerprint density at radius 2 is 1.12 bits per heavy atom. The molecule has 2 rings (SSSR count). The minimum Gasteiger partial charge on any atom is -0.394 e. The van der Waals surface area contributed by atoms with Crippen molar-refractivity contribution in [2.45, 2.75) is 120 Å². The van der Waals surface area contributed by atoms with Gasteiger partial charge in [0.25, 0.3) is 0 Å². The average Bonchev–Trinajstić information content (AvgIpc) is 3.10. The second kappa shape index (κ2) is 25.4. The second-order valence-electron chi connectivity index (χ2n) is 11.7. The van der Waals surface area contributed by atoms with E-state index in [0.29, 0.717) is 6.42 Å². The van der Waals surface area contributed by atoms with E-state index in [-0.39, 0.29) is 25.5 Å². The van der Waals surface area contributed by atoms with Crippen LogP contribution in [0.15, 0.2) is 72.9 Å². The highest BCUT2D eigenvalue weighted by atomic mass is 16.7. The number of rotatable bonds is 22. The number of amides is 1. The number of aliphatic hydroxyl groups excluding tert-OH is 7. The molecular weight excluding hydrogens is 638 g/mol. The summed E-state index contributed by atoms with van der Waals surface area (Å²) in [6, 6.07) is 0. The normalized spacial score (nSPS) is 31.4. The maximum Gasteiger partial charge on any atom is 0.220 e. The van der Waals surface area contributed by atoms with Crippen LogP contribution in [0.5, 0.6) is 0 Å². The number of hydrogen-bond acceptors (Lipinski definition) is 12. The molecule has 13 nitrogen and oxygen atoms in total. The molecule has 0 spiro atoms. The molecule has 10 atom stereocenters. The molecule has 0 radical (unpaired) electrons. The van der Waals surface area contributed by atoms with Gasteiger partial charge in [-0.25, -0.2) is 0 Å². The van der Waals surface area contributed by atoms with Crippen molar-refractivity contribution in [3.05, 3.63) is 72.9 Å². The van der Waals surface area contributed by atoms with E-state index in [1.54, 1.807) is 0 Å². The maximum absolute atomic E-state index is 12.2.